The largest absolute Gasteiger partial charge is 0.495 e. The average Bonchev–Trinajstić information content (AvgIpc) is 2.42. The van der Waals surface area contributed by atoms with Crippen LogP contribution in [0.4, 0.5) is 8.78 Å². The molecule has 0 spiro atoms. The van der Waals surface area contributed by atoms with Crippen molar-refractivity contribution >= 4 is 11.6 Å². The zero-order valence-corrected chi connectivity index (χ0v) is 11.7. The van der Waals surface area contributed by atoms with E-state index in [0.29, 0.717) is 16.3 Å². The molecular formula is C15H13ClF2O2. The van der Waals surface area contributed by atoms with Gasteiger partial charge in [-0.25, -0.2) is 8.78 Å². The maximum absolute atomic E-state index is 13.9. The van der Waals surface area contributed by atoms with Gasteiger partial charge in [0.25, 0.3) is 0 Å². The van der Waals surface area contributed by atoms with E-state index in [2.05, 4.69) is 0 Å². The Morgan fingerprint density at radius 1 is 1.20 bits per heavy atom. The summed E-state index contributed by atoms with van der Waals surface area (Å²) in [5.41, 5.74) is -1.51. The second kappa shape index (κ2) is 5.38. The van der Waals surface area contributed by atoms with Crippen LogP contribution < -0.4 is 4.74 Å². The van der Waals surface area contributed by atoms with Crippen molar-refractivity contribution in [3.63, 3.8) is 0 Å². The molecule has 20 heavy (non-hydrogen) atoms. The summed E-state index contributed by atoms with van der Waals surface area (Å²) in [5, 5.41) is 10.9. The molecule has 0 radical (unpaired) electrons. The number of rotatable bonds is 3. The molecule has 1 atom stereocenters. The molecule has 0 bridgehead atoms. The van der Waals surface area contributed by atoms with Gasteiger partial charge in [-0.05, 0) is 30.7 Å². The van der Waals surface area contributed by atoms with Crippen molar-refractivity contribution in [1.82, 2.24) is 0 Å². The van der Waals surface area contributed by atoms with Gasteiger partial charge in [0.15, 0.2) is 11.6 Å². The minimum Gasteiger partial charge on any atom is -0.495 e. The van der Waals surface area contributed by atoms with Gasteiger partial charge in [-0.1, -0.05) is 29.8 Å². The Bertz CT molecular complexity index is 642. The zero-order valence-electron chi connectivity index (χ0n) is 11.0. The minimum absolute atomic E-state index is 0.151. The highest BCUT2D eigenvalue weighted by Gasteiger charge is 2.30. The third kappa shape index (κ3) is 2.49. The molecule has 0 aliphatic rings. The SMILES string of the molecule is COc1cc(C(C)(O)c2cccc(F)c2F)ccc1Cl. The fourth-order valence-corrected chi connectivity index (χ4v) is 2.19. The smallest absolute Gasteiger partial charge is 0.165 e. The molecule has 5 heteroatoms. The van der Waals surface area contributed by atoms with Crippen LogP contribution in [0.1, 0.15) is 18.1 Å². The van der Waals surface area contributed by atoms with Crippen LogP contribution in [-0.2, 0) is 5.60 Å². The van der Waals surface area contributed by atoms with E-state index in [1.165, 1.54) is 44.4 Å². The second-order valence-corrected chi connectivity index (χ2v) is 4.93. The summed E-state index contributed by atoms with van der Waals surface area (Å²) in [4.78, 5) is 0. The highest BCUT2D eigenvalue weighted by atomic mass is 35.5. The monoisotopic (exact) mass is 298 g/mol. The zero-order chi connectivity index (χ0) is 14.9. The van der Waals surface area contributed by atoms with Gasteiger partial charge in [0.1, 0.15) is 11.4 Å². The molecule has 2 aromatic rings. The summed E-state index contributed by atoms with van der Waals surface area (Å²) >= 11 is 5.91. The molecule has 0 saturated heterocycles. The lowest BCUT2D eigenvalue weighted by Crippen LogP contribution is -2.24. The molecule has 106 valence electrons. The molecule has 0 aromatic heterocycles. The van der Waals surface area contributed by atoms with Gasteiger partial charge >= 0.3 is 0 Å². The topological polar surface area (TPSA) is 29.5 Å². The van der Waals surface area contributed by atoms with E-state index in [-0.39, 0.29) is 5.56 Å². The van der Waals surface area contributed by atoms with Crippen LogP contribution in [0.15, 0.2) is 36.4 Å². The van der Waals surface area contributed by atoms with E-state index >= 15 is 0 Å². The summed E-state index contributed by atoms with van der Waals surface area (Å²) in [6, 6.07) is 8.23. The number of benzene rings is 2. The van der Waals surface area contributed by atoms with E-state index in [9.17, 15) is 13.9 Å². The van der Waals surface area contributed by atoms with Crippen LogP contribution in [0.3, 0.4) is 0 Å². The van der Waals surface area contributed by atoms with Crippen molar-refractivity contribution in [3.8, 4) is 5.75 Å². The van der Waals surface area contributed by atoms with Gasteiger partial charge in [0.2, 0.25) is 0 Å². The number of methoxy groups -OCH3 is 1. The van der Waals surface area contributed by atoms with Gasteiger partial charge in [-0.15, -0.1) is 0 Å². The normalized spacial score (nSPS) is 13.9. The predicted molar refractivity (Wildman–Crippen MR) is 73.0 cm³/mol. The molecule has 1 unspecified atom stereocenters. The number of hydrogen-bond acceptors (Lipinski definition) is 2. The van der Waals surface area contributed by atoms with Crippen molar-refractivity contribution in [3.05, 3.63) is 64.2 Å². The Morgan fingerprint density at radius 3 is 2.55 bits per heavy atom. The van der Waals surface area contributed by atoms with Gasteiger partial charge in [-0.3, -0.25) is 0 Å². The summed E-state index contributed by atoms with van der Waals surface area (Å²) in [7, 11) is 1.43. The predicted octanol–water partition coefficient (Wildman–Crippen LogP) is 3.88. The Kier molecular flexibility index (Phi) is 3.97. The second-order valence-electron chi connectivity index (χ2n) is 4.52. The highest BCUT2D eigenvalue weighted by molar-refractivity contribution is 6.32. The molecule has 0 aliphatic carbocycles. The summed E-state index contributed by atoms with van der Waals surface area (Å²) < 4.78 is 32.2. The van der Waals surface area contributed by atoms with Crippen LogP contribution in [0.5, 0.6) is 5.75 Å². The number of halogens is 3. The molecule has 2 aromatic carbocycles. The third-order valence-electron chi connectivity index (χ3n) is 3.19. The van der Waals surface area contributed by atoms with Crippen molar-refractivity contribution in [2.75, 3.05) is 7.11 Å². The minimum atomic E-state index is -1.70. The van der Waals surface area contributed by atoms with Crippen molar-refractivity contribution in [1.29, 1.82) is 0 Å². The number of hydrogen-bond donors (Lipinski definition) is 1. The fraction of sp³-hybridized carbons (Fsp3) is 0.200. The van der Waals surface area contributed by atoms with E-state index in [1.54, 1.807) is 0 Å². The first-order valence-corrected chi connectivity index (χ1v) is 6.26. The number of aliphatic hydroxyl groups is 1. The van der Waals surface area contributed by atoms with E-state index in [0.717, 1.165) is 6.07 Å². The maximum Gasteiger partial charge on any atom is 0.165 e. The van der Waals surface area contributed by atoms with Crippen LogP contribution in [0.25, 0.3) is 0 Å². The maximum atomic E-state index is 13.9. The third-order valence-corrected chi connectivity index (χ3v) is 3.50. The van der Waals surface area contributed by atoms with Crippen LogP contribution >= 0.6 is 11.6 Å². The van der Waals surface area contributed by atoms with Crippen molar-refractivity contribution in [2.45, 2.75) is 12.5 Å². The van der Waals surface area contributed by atoms with Crippen LogP contribution in [0.2, 0.25) is 5.02 Å². The standard InChI is InChI=1S/C15H13ClF2O2/c1-15(19,10-4-3-5-12(17)14(10)18)9-6-7-11(16)13(8-9)20-2/h3-8,19H,1-2H3. The average molecular weight is 299 g/mol. The van der Waals surface area contributed by atoms with Gasteiger partial charge in [0, 0.05) is 5.56 Å². The lowest BCUT2D eigenvalue weighted by atomic mass is 9.87. The molecular weight excluding hydrogens is 286 g/mol. The molecule has 0 heterocycles. The Hall–Kier alpha value is -1.65. The summed E-state index contributed by atoms with van der Waals surface area (Å²) in [6.07, 6.45) is 0. The lowest BCUT2D eigenvalue weighted by Gasteiger charge is -2.25. The van der Waals surface area contributed by atoms with E-state index in [1.807, 2.05) is 0 Å². The van der Waals surface area contributed by atoms with Crippen LogP contribution in [-0.4, -0.2) is 12.2 Å². The molecule has 0 saturated carbocycles. The molecule has 1 N–H and O–H groups in total. The fourth-order valence-electron chi connectivity index (χ4n) is 2.00. The van der Waals surface area contributed by atoms with Crippen LogP contribution in [0, 0.1) is 11.6 Å². The molecule has 2 nitrogen and oxygen atoms in total. The van der Waals surface area contributed by atoms with Gasteiger partial charge < -0.3 is 9.84 Å². The summed E-state index contributed by atoms with van der Waals surface area (Å²) in [5.74, 6) is -1.74. The quantitative estimate of drug-likeness (QED) is 0.932. The molecule has 2 rings (SSSR count). The Labute approximate surface area is 120 Å². The highest BCUT2D eigenvalue weighted by Crippen LogP contribution is 2.35. The number of ether oxygens (including phenoxy) is 1. The first-order valence-electron chi connectivity index (χ1n) is 5.88. The Morgan fingerprint density at radius 2 is 1.90 bits per heavy atom. The Balaban J connectivity index is 2.57. The van der Waals surface area contributed by atoms with Crippen molar-refractivity contribution in [2.24, 2.45) is 0 Å². The van der Waals surface area contributed by atoms with Gasteiger partial charge in [-0.2, -0.15) is 0 Å². The first kappa shape index (κ1) is 14.8. The first-order chi connectivity index (χ1) is 9.37. The molecule has 0 amide bonds. The molecule has 0 fully saturated rings. The van der Waals surface area contributed by atoms with Crippen molar-refractivity contribution < 1.29 is 18.6 Å². The van der Waals surface area contributed by atoms with Gasteiger partial charge in [0.05, 0.1) is 12.1 Å². The van der Waals surface area contributed by atoms with E-state index in [4.69, 9.17) is 16.3 Å². The lowest BCUT2D eigenvalue weighted by molar-refractivity contribution is 0.0967. The summed E-state index contributed by atoms with van der Waals surface area (Å²) in [6.45, 7) is 1.38. The van der Waals surface area contributed by atoms with E-state index < -0.39 is 17.2 Å². The molecule has 0 aliphatic heterocycles.